The molecule has 0 aliphatic carbocycles. The normalized spacial score (nSPS) is 12.6. The van der Waals surface area contributed by atoms with Crippen molar-refractivity contribution < 1.29 is 9.47 Å². The van der Waals surface area contributed by atoms with Gasteiger partial charge in [0.2, 0.25) is 0 Å². The van der Waals surface area contributed by atoms with Crippen molar-refractivity contribution >= 4 is 0 Å². The molecule has 0 heterocycles. The summed E-state index contributed by atoms with van der Waals surface area (Å²) >= 11 is 0. The van der Waals surface area contributed by atoms with E-state index in [1.165, 1.54) is 5.56 Å². The van der Waals surface area contributed by atoms with E-state index >= 15 is 0 Å². The molecule has 3 heteroatoms. The van der Waals surface area contributed by atoms with E-state index in [2.05, 4.69) is 77.9 Å². The van der Waals surface area contributed by atoms with Crippen molar-refractivity contribution in [2.75, 3.05) is 40.5 Å². The van der Waals surface area contributed by atoms with Crippen molar-refractivity contribution in [3.63, 3.8) is 0 Å². The molecule has 0 saturated heterocycles. The second-order valence-electron chi connectivity index (χ2n) is 9.12. The number of ether oxygens (including phenoxy) is 2. The summed E-state index contributed by atoms with van der Waals surface area (Å²) < 4.78 is 11.5. The van der Waals surface area contributed by atoms with Crippen LogP contribution in [-0.4, -0.2) is 45.4 Å². The van der Waals surface area contributed by atoms with Crippen LogP contribution in [0.5, 0.6) is 5.75 Å². The summed E-state index contributed by atoms with van der Waals surface area (Å²) in [5.74, 6) is 0.947. The molecule has 0 saturated carbocycles. The first-order valence-corrected chi connectivity index (χ1v) is 9.56. The van der Waals surface area contributed by atoms with Crippen molar-refractivity contribution in [3.05, 3.63) is 29.8 Å². The summed E-state index contributed by atoms with van der Waals surface area (Å²) in [6.45, 7) is 14.9. The molecule has 0 fully saturated rings. The molecule has 1 aromatic rings. The lowest BCUT2D eigenvalue weighted by atomic mass is 9.72. The van der Waals surface area contributed by atoms with Crippen LogP contribution in [0.25, 0.3) is 0 Å². The van der Waals surface area contributed by atoms with Crippen molar-refractivity contribution in [2.24, 2.45) is 5.41 Å². The molecule has 0 aromatic heterocycles. The molecule has 25 heavy (non-hydrogen) atoms. The Morgan fingerprint density at radius 2 is 1.44 bits per heavy atom. The van der Waals surface area contributed by atoms with Crippen LogP contribution in [-0.2, 0) is 10.2 Å². The Hall–Kier alpha value is -1.06. The molecular formula is C22H39NO2. The van der Waals surface area contributed by atoms with Gasteiger partial charge in [0.25, 0.3) is 0 Å². The number of benzene rings is 1. The van der Waals surface area contributed by atoms with Crippen LogP contribution in [0.2, 0.25) is 0 Å². The SMILES string of the molecule is CN(C)CCCOCCCOc1ccc(C(C)(C)CC(C)(C)C)cc1. The average molecular weight is 350 g/mol. The van der Waals surface area contributed by atoms with Crippen molar-refractivity contribution in [3.8, 4) is 5.75 Å². The predicted octanol–water partition coefficient (Wildman–Crippen LogP) is 5.14. The third kappa shape index (κ3) is 9.86. The Morgan fingerprint density at radius 1 is 0.840 bits per heavy atom. The molecular weight excluding hydrogens is 310 g/mol. The lowest BCUT2D eigenvalue weighted by Gasteiger charge is -2.33. The highest BCUT2D eigenvalue weighted by molar-refractivity contribution is 5.31. The van der Waals surface area contributed by atoms with Crippen LogP contribution in [0.1, 0.15) is 59.4 Å². The van der Waals surface area contributed by atoms with Crippen LogP contribution in [0, 0.1) is 5.41 Å². The van der Waals surface area contributed by atoms with Gasteiger partial charge in [-0.05, 0) is 62.0 Å². The van der Waals surface area contributed by atoms with Crippen LogP contribution in [0.3, 0.4) is 0 Å². The van der Waals surface area contributed by atoms with Gasteiger partial charge >= 0.3 is 0 Å². The minimum absolute atomic E-state index is 0.178. The Labute approximate surface area is 155 Å². The number of rotatable bonds is 11. The van der Waals surface area contributed by atoms with Crippen molar-refractivity contribution in [1.82, 2.24) is 4.90 Å². The van der Waals surface area contributed by atoms with E-state index in [1.807, 2.05) is 0 Å². The molecule has 144 valence electrons. The third-order valence-electron chi connectivity index (χ3n) is 4.20. The Bertz CT molecular complexity index is 472. The standard InChI is InChI=1S/C22H39NO2/c1-21(2,3)18-22(4,5)19-10-12-20(13-11-19)25-17-9-16-24-15-8-14-23(6)7/h10-13H,8-9,14-18H2,1-7H3. The summed E-state index contributed by atoms with van der Waals surface area (Å²) in [4.78, 5) is 2.18. The monoisotopic (exact) mass is 349 g/mol. The van der Waals surface area contributed by atoms with E-state index in [9.17, 15) is 0 Å². The molecule has 0 aliphatic heterocycles. The van der Waals surface area contributed by atoms with E-state index in [0.29, 0.717) is 12.0 Å². The van der Waals surface area contributed by atoms with Gasteiger partial charge in [0.05, 0.1) is 6.61 Å². The molecule has 0 amide bonds. The zero-order chi connectivity index (χ0) is 18.9. The molecule has 0 atom stereocenters. The summed E-state index contributed by atoms with van der Waals surface area (Å²) in [6.07, 6.45) is 3.17. The van der Waals surface area contributed by atoms with Crippen LogP contribution >= 0.6 is 0 Å². The maximum Gasteiger partial charge on any atom is 0.119 e. The minimum Gasteiger partial charge on any atom is -0.494 e. The van der Waals surface area contributed by atoms with Gasteiger partial charge in [0, 0.05) is 19.6 Å². The molecule has 1 rings (SSSR count). The van der Waals surface area contributed by atoms with E-state index in [4.69, 9.17) is 9.47 Å². The lowest BCUT2D eigenvalue weighted by molar-refractivity contribution is 0.112. The van der Waals surface area contributed by atoms with Crippen LogP contribution in [0.15, 0.2) is 24.3 Å². The third-order valence-corrected chi connectivity index (χ3v) is 4.20. The van der Waals surface area contributed by atoms with E-state index in [-0.39, 0.29) is 5.41 Å². The summed E-state index contributed by atoms with van der Waals surface area (Å²) in [5, 5.41) is 0. The van der Waals surface area contributed by atoms with Gasteiger partial charge in [-0.15, -0.1) is 0 Å². The molecule has 1 aromatic carbocycles. The smallest absolute Gasteiger partial charge is 0.119 e. The lowest BCUT2D eigenvalue weighted by Crippen LogP contribution is -2.24. The second kappa shape index (κ2) is 10.2. The maximum atomic E-state index is 5.83. The van der Waals surface area contributed by atoms with E-state index in [1.54, 1.807) is 0 Å². The Morgan fingerprint density at radius 3 is 2.00 bits per heavy atom. The molecule has 0 aliphatic rings. The number of hydrogen-bond donors (Lipinski definition) is 0. The Balaban J connectivity index is 2.28. The van der Waals surface area contributed by atoms with Gasteiger partial charge in [-0.25, -0.2) is 0 Å². The van der Waals surface area contributed by atoms with Gasteiger partial charge in [-0.1, -0.05) is 46.8 Å². The number of hydrogen-bond acceptors (Lipinski definition) is 3. The first kappa shape index (κ1) is 22.0. The largest absolute Gasteiger partial charge is 0.494 e. The predicted molar refractivity (Wildman–Crippen MR) is 108 cm³/mol. The van der Waals surface area contributed by atoms with Gasteiger partial charge in [-0.3, -0.25) is 0 Å². The maximum absolute atomic E-state index is 5.83. The molecule has 0 unspecified atom stereocenters. The fraction of sp³-hybridized carbons (Fsp3) is 0.727. The fourth-order valence-corrected chi connectivity index (χ4v) is 3.37. The van der Waals surface area contributed by atoms with Gasteiger partial charge in [0.1, 0.15) is 5.75 Å². The van der Waals surface area contributed by atoms with E-state index in [0.717, 1.165) is 44.8 Å². The summed E-state index contributed by atoms with van der Waals surface area (Å²) in [6, 6.07) is 8.60. The first-order chi connectivity index (χ1) is 11.6. The first-order valence-electron chi connectivity index (χ1n) is 9.56. The highest BCUT2D eigenvalue weighted by atomic mass is 16.5. The van der Waals surface area contributed by atoms with Crippen molar-refractivity contribution in [2.45, 2.75) is 59.3 Å². The zero-order valence-corrected chi connectivity index (χ0v) is 17.5. The Kier molecular flexibility index (Phi) is 8.95. The molecule has 0 spiro atoms. The van der Waals surface area contributed by atoms with Crippen LogP contribution < -0.4 is 4.74 Å². The molecule has 0 radical (unpaired) electrons. The molecule has 0 bridgehead atoms. The second-order valence-corrected chi connectivity index (χ2v) is 9.12. The van der Waals surface area contributed by atoms with Gasteiger partial charge in [0.15, 0.2) is 0 Å². The summed E-state index contributed by atoms with van der Waals surface area (Å²) in [7, 11) is 4.17. The van der Waals surface area contributed by atoms with Gasteiger partial charge < -0.3 is 14.4 Å². The molecule has 0 N–H and O–H groups in total. The van der Waals surface area contributed by atoms with Gasteiger partial charge in [-0.2, -0.15) is 0 Å². The quantitative estimate of drug-likeness (QED) is 0.516. The van der Waals surface area contributed by atoms with Crippen molar-refractivity contribution in [1.29, 1.82) is 0 Å². The van der Waals surface area contributed by atoms with Crippen LogP contribution in [0.4, 0.5) is 0 Å². The summed E-state index contributed by atoms with van der Waals surface area (Å²) in [5.41, 5.74) is 1.88. The fourth-order valence-electron chi connectivity index (χ4n) is 3.37. The van der Waals surface area contributed by atoms with E-state index < -0.39 is 0 Å². The highest BCUT2D eigenvalue weighted by Crippen LogP contribution is 2.36. The topological polar surface area (TPSA) is 21.7 Å². The highest BCUT2D eigenvalue weighted by Gasteiger charge is 2.27. The minimum atomic E-state index is 0.178. The number of nitrogens with zero attached hydrogens (tertiary/aromatic N) is 1. The average Bonchev–Trinajstić information content (AvgIpc) is 2.47. The molecule has 3 nitrogen and oxygen atoms in total. The zero-order valence-electron chi connectivity index (χ0n) is 17.5.